The molecule has 23 heavy (non-hydrogen) atoms. The second-order valence-corrected chi connectivity index (χ2v) is 5.61. The van der Waals surface area contributed by atoms with Crippen molar-refractivity contribution in [3.63, 3.8) is 0 Å². The first-order valence-electron chi connectivity index (χ1n) is 7.54. The van der Waals surface area contributed by atoms with Crippen molar-refractivity contribution in [1.82, 2.24) is 15.8 Å². The molecule has 1 aromatic heterocycles. The van der Waals surface area contributed by atoms with Crippen LogP contribution < -0.4 is 20.9 Å². The lowest BCUT2D eigenvalue weighted by atomic mass is 10.0. The van der Waals surface area contributed by atoms with Gasteiger partial charge >= 0.3 is 0 Å². The molecule has 0 bridgehead atoms. The second-order valence-electron chi connectivity index (χ2n) is 5.61. The number of hydrogen-bond acceptors (Lipinski definition) is 5. The molecule has 1 aromatic carbocycles. The third kappa shape index (κ3) is 3.49. The Morgan fingerprint density at radius 1 is 1.35 bits per heavy atom. The van der Waals surface area contributed by atoms with Gasteiger partial charge in [0.15, 0.2) is 0 Å². The molecule has 2 heterocycles. The molecule has 120 valence electrons. The van der Waals surface area contributed by atoms with Gasteiger partial charge in [-0.1, -0.05) is 12.1 Å². The highest BCUT2D eigenvalue weighted by Crippen LogP contribution is 2.27. The molecular weight excluding hydrogens is 292 g/mol. The first-order valence-corrected chi connectivity index (χ1v) is 7.54. The number of methoxy groups -OCH3 is 1. The summed E-state index contributed by atoms with van der Waals surface area (Å²) in [5.41, 5.74) is 9.00. The average molecular weight is 312 g/mol. The fraction of sp³-hybridized carbons (Fsp3) is 0.294. The lowest BCUT2D eigenvalue weighted by molar-refractivity contribution is -0.117. The number of nitrogens with zero attached hydrogens (tertiary/aromatic N) is 1. The van der Waals surface area contributed by atoms with E-state index in [0.717, 1.165) is 11.1 Å². The van der Waals surface area contributed by atoms with E-state index in [4.69, 9.17) is 4.74 Å². The molecule has 1 aliphatic rings. The van der Waals surface area contributed by atoms with E-state index < -0.39 is 0 Å². The lowest BCUT2D eigenvalue weighted by Crippen LogP contribution is -2.39. The number of carbonyl (C=O) groups excluding carboxylic acids is 1. The van der Waals surface area contributed by atoms with E-state index in [2.05, 4.69) is 21.2 Å². The number of amides is 1. The Labute approximate surface area is 135 Å². The molecule has 3 N–H and O–H groups in total. The van der Waals surface area contributed by atoms with Crippen LogP contribution in [0.4, 0.5) is 5.69 Å². The summed E-state index contributed by atoms with van der Waals surface area (Å²) in [5, 5.41) is 2.93. The zero-order valence-electron chi connectivity index (χ0n) is 13.2. The van der Waals surface area contributed by atoms with Gasteiger partial charge in [-0.3, -0.25) is 9.78 Å². The highest BCUT2D eigenvalue weighted by atomic mass is 16.5. The van der Waals surface area contributed by atoms with Gasteiger partial charge in [-0.25, -0.2) is 10.9 Å². The first kappa shape index (κ1) is 15.5. The molecule has 2 atom stereocenters. The van der Waals surface area contributed by atoms with Crippen molar-refractivity contribution in [1.29, 1.82) is 0 Å². The quantitative estimate of drug-likeness (QED) is 0.804. The van der Waals surface area contributed by atoms with Crippen LogP contribution in [0.3, 0.4) is 0 Å². The number of ether oxygens (including phenoxy) is 1. The predicted octanol–water partition coefficient (Wildman–Crippen LogP) is 1.94. The number of hydrazine groups is 1. The molecule has 0 radical (unpaired) electrons. The molecule has 0 aliphatic carbocycles. The highest BCUT2D eigenvalue weighted by Gasteiger charge is 2.30. The lowest BCUT2D eigenvalue weighted by Gasteiger charge is -2.14. The maximum Gasteiger partial charge on any atom is 0.243 e. The van der Waals surface area contributed by atoms with Gasteiger partial charge < -0.3 is 10.1 Å². The number of pyridine rings is 1. The zero-order chi connectivity index (χ0) is 16.2. The Bertz CT molecular complexity index is 690. The predicted molar refractivity (Wildman–Crippen MR) is 88.0 cm³/mol. The molecule has 2 aromatic rings. The fourth-order valence-electron chi connectivity index (χ4n) is 2.67. The standard InChI is InChI=1S/C17H20N4O2/c1-11-5-6-16(23-2)14(8-11)19-17(22)15-9-13(20-21-15)12-4-3-7-18-10-12/h3-8,10,13,15,20-21H,9H2,1-2H3,(H,19,22). The monoisotopic (exact) mass is 312 g/mol. The van der Waals surface area contributed by atoms with Crippen LogP contribution in [0.1, 0.15) is 23.6 Å². The average Bonchev–Trinajstić information content (AvgIpc) is 3.06. The largest absolute Gasteiger partial charge is 0.495 e. The van der Waals surface area contributed by atoms with Crippen LogP contribution in [-0.2, 0) is 4.79 Å². The van der Waals surface area contributed by atoms with Crippen molar-refractivity contribution < 1.29 is 9.53 Å². The van der Waals surface area contributed by atoms with Crippen LogP contribution in [0.2, 0.25) is 0 Å². The van der Waals surface area contributed by atoms with Crippen molar-refractivity contribution in [2.24, 2.45) is 0 Å². The number of hydrogen-bond donors (Lipinski definition) is 3. The van der Waals surface area contributed by atoms with Crippen LogP contribution in [0.5, 0.6) is 5.75 Å². The number of carbonyl (C=O) groups is 1. The molecule has 1 aliphatic heterocycles. The zero-order valence-corrected chi connectivity index (χ0v) is 13.2. The number of anilines is 1. The van der Waals surface area contributed by atoms with Crippen molar-refractivity contribution in [2.75, 3.05) is 12.4 Å². The summed E-state index contributed by atoms with van der Waals surface area (Å²) in [7, 11) is 1.59. The van der Waals surface area contributed by atoms with Crippen LogP contribution in [0.25, 0.3) is 0 Å². The summed E-state index contributed by atoms with van der Waals surface area (Å²) >= 11 is 0. The Kier molecular flexibility index (Phi) is 4.55. The summed E-state index contributed by atoms with van der Waals surface area (Å²) in [6.07, 6.45) is 4.20. The van der Waals surface area contributed by atoms with Gasteiger partial charge in [0, 0.05) is 18.4 Å². The maximum absolute atomic E-state index is 12.5. The summed E-state index contributed by atoms with van der Waals surface area (Å²) in [5.74, 6) is 0.562. The van der Waals surface area contributed by atoms with Gasteiger partial charge in [-0.2, -0.15) is 0 Å². The molecule has 1 saturated heterocycles. The van der Waals surface area contributed by atoms with Crippen molar-refractivity contribution >= 4 is 11.6 Å². The Hall–Kier alpha value is -2.44. The minimum Gasteiger partial charge on any atom is -0.495 e. The molecule has 0 spiro atoms. The SMILES string of the molecule is COc1ccc(C)cc1NC(=O)C1CC(c2cccnc2)NN1. The Balaban J connectivity index is 1.67. The Morgan fingerprint density at radius 2 is 2.22 bits per heavy atom. The number of rotatable bonds is 4. The molecule has 1 amide bonds. The van der Waals surface area contributed by atoms with E-state index in [9.17, 15) is 4.79 Å². The molecule has 3 rings (SSSR count). The van der Waals surface area contributed by atoms with E-state index in [1.807, 2.05) is 43.5 Å². The van der Waals surface area contributed by atoms with Crippen molar-refractivity contribution in [2.45, 2.75) is 25.4 Å². The summed E-state index contributed by atoms with van der Waals surface area (Å²) < 4.78 is 5.30. The number of aromatic nitrogens is 1. The van der Waals surface area contributed by atoms with Crippen LogP contribution >= 0.6 is 0 Å². The van der Waals surface area contributed by atoms with Crippen LogP contribution in [-0.4, -0.2) is 24.0 Å². The van der Waals surface area contributed by atoms with Gasteiger partial charge in [0.05, 0.1) is 12.8 Å². The van der Waals surface area contributed by atoms with Crippen LogP contribution in [0, 0.1) is 6.92 Å². The third-order valence-corrected chi connectivity index (χ3v) is 3.92. The van der Waals surface area contributed by atoms with Gasteiger partial charge in [-0.05, 0) is 42.7 Å². The van der Waals surface area contributed by atoms with Gasteiger partial charge in [0.25, 0.3) is 0 Å². The van der Waals surface area contributed by atoms with E-state index in [1.165, 1.54) is 0 Å². The Morgan fingerprint density at radius 3 is 2.96 bits per heavy atom. The second kappa shape index (κ2) is 6.76. The first-order chi connectivity index (χ1) is 11.2. The van der Waals surface area contributed by atoms with Crippen LogP contribution in [0.15, 0.2) is 42.7 Å². The maximum atomic E-state index is 12.5. The van der Waals surface area contributed by atoms with E-state index in [0.29, 0.717) is 17.9 Å². The molecule has 6 heteroatoms. The molecule has 6 nitrogen and oxygen atoms in total. The van der Waals surface area contributed by atoms with Gasteiger partial charge in [0.2, 0.25) is 5.91 Å². The summed E-state index contributed by atoms with van der Waals surface area (Å²) in [4.78, 5) is 16.6. The highest BCUT2D eigenvalue weighted by molar-refractivity contribution is 5.96. The molecular formula is C17H20N4O2. The van der Waals surface area contributed by atoms with Gasteiger partial charge in [0.1, 0.15) is 11.8 Å². The summed E-state index contributed by atoms with van der Waals surface area (Å²) in [6, 6.07) is 9.34. The van der Waals surface area contributed by atoms with Crippen molar-refractivity contribution in [3.05, 3.63) is 53.9 Å². The topological polar surface area (TPSA) is 75.3 Å². The molecule has 0 saturated carbocycles. The minimum atomic E-state index is -0.314. The summed E-state index contributed by atoms with van der Waals surface area (Å²) in [6.45, 7) is 1.98. The molecule has 1 fully saturated rings. The number of aryl methyl sites for hydroxylation is 1. The van der Waals surface area contributed by atoms with E-state index >= 15 is 0 Å². The molecule has 2 unspecified atom stereocenters. The minimum absolute atomic E-state index is 0.0684. The fourth-order valence-corrected chi connectivity index (χ4v) is 2.67. The van der Waals surface area contributed by atoms with E-state index in [-0.39, 0.29) is 18.0 Å². The normalized spacial score (nSPS) is 20.3. The number of benzene rings is 1. The third-order valence-electron chi connectivity index (χ3n) is 3.92. The smallest absolute Gasteiger partial charge is 0.243 e. The van der Waals surface area contributed by atoms with Gasteiger partial charge in [-0.15, -0.1) is 0 Å². The van der Waals surface area contributed by atoms with Crippen molar-refractivity contribution in [3.8, 4) is 5.75 Å². The van der Waals surface area contributed by atoms with E-state index in [1.54, 1.807) is 13.3 Å². The number of nitrogens with one attached hydrogen (secondary N) is 3.